The van der Waals surface area contributed by atoms with E-state index in [1.807, 2.05) is 6.07 Å². The lowest BCUT2D eigenvalue weighted by atomic mass is 10.2. The van der Waals surface area contributed by atoms with Crippen molar-refractivity contribution in [3.63, 3.8) is 0 Å². The van der Waals surface area contributed by atoms with E-state index in [-0.39, 0.29) is 26.9 Å². The highest BCUT2D eigenvalue weighted by Crippen LogP contribution is 2.26. The largest absolute Gasteiger partial charge is 0.398 e. The van der Waals surface area contributed by atoms with Gasteiger partial charge in [-0.3, -0.25) is 9.71 Å². The number of pyridine rings is 1. The van der Waals surface area contributed by atoms with Crippen LogP contribution in [0.3, 0.4) is 0 Å². The third kappa shape index (κ3) is 2.82. The third-order valence-corrected chi connectivity index (χ3v) is 4.18. The van der Waals surface area contributed by atoms with Gasteiger partial charge in [0.1, 0.15) is 4.90 Å². The van der Waals surface area contributed by atoms with Gasteiger partial charge in [0.05, 0.1) is 28.0 Å². The standard InChI is InChI=1S/C12H9ClN4O2S/c13-9-2-1-8(6-14)5-11(9)17-20(18,19)12-7-16-4-3-10(12)15/h1-5,7,17H,(H2,15,16). The fourth-order valence-electron chi connectivity index (χ4n) is 1.49. The summed E-state index contributed by atoms with van der Waals surface area (Å²) in [5, 5.41) is 8.99. The number of nitrogen functional groups attached to an aromatic ring is 1. The zero-order chi connectivity index (χ0) is 14.8. The first-order valence-corrected chi connectivity index (χ1v) is 7.22. The van der Waals surface area contributed by atoms with Gasteiger partial charge in [-0.15, -0.1) is 0 Å². The zero-order valence-electron chi connectivity index (χ0n) is 10.0. The van der Waals surface area contributed by atoms with Crippen LogP contribution in [0.4, 0.5) is 11.4 Å². The van der Waals surface area contributed by atoms with Crippen molar-refractivity contribution in [2.45, 2.75) is 4.90 Å². The normalized spacial score (nSPS) is 10.8. The second kappa shape index (κ2) is 5.36. The van der Waals surface area contributed by atoms with Crippen molar-refractivity contribution >= 4 is 33.0 Å². The summed E-state index contributed by atoms with van der Waals surface area (Å²) >= 11 is 5.90. The first-order valence-electron chi connectivity index (χ1n) is 5.36. The molecule has 0 saturated heterocycles. The molecular weight excluding hydrogens is 300 g/mol. The van der Waals surface area contributed by atoms with Crippen LogP contribution in [0.5, 0.6) is 0 Å². The van der Waals surface area contributed by atoms with Gasteiger partial charge in [0.2, 0.25) is 0 Å². The molecule has 0 bridgehead atoms. The summed E-state index contributed by atoms with van der Waals surface area (Å²) in [5.74, 6) is 0. The smallest absolute Gasteiger partial charge is 0.265 e. The number of hydrogen-bond donors (Lipinski definition) is 2. The van der Waals surface area contributed by atoms with Crippen molar-refractivity contribution in [3.8, 4) is 6.07 Å². The van der Waals surface area contributed by atoms with Gasteiger partial charge >= 0.3 is 0 Å². The Balaban J connectivity index is 2.44. The lowest BCUT2D eigenvalue weighted by molar-refractivity contribution is 0.601. The Morgan fingerprint density at radius 1 is 1.35 bits per heavy atom. The monoisotopic (exact) mass is 308 g/mol. The summed E-state index contributed by atoms with van der Waals surface area (Å²) < 4.78 is 26.7. The fraction of sp³-hybridized carbons (Fsp3) is 0. The van der Waals surface area contributed by atoms with Crippen LogP contribution in [-0.2, 0) is 10.0 Å². The quantitative estimate of drug-likeness (QED) is 0.901. The Kier molecular flexibility index (Phi) is 3.79. The Hall–Kier alpha value is -2.30. The topological polar surface area (TPSA) is 109 Å². The molecule has 2 aromatic rings. The minimum Gasteiger partial charge on any atom is -0.398 e. The second-order valence-electron chi connectivity index (χ2n) is 3.83. The summed E-state index contributed by atoms with van der Waals surface area (Å²) in [6.45, 7) is 0. The van der Waals surface area contributed by atoms with Gasteiger partial charge in [-0.05, 0) is 24.3 Å². The number of halogens is 1. The number of aromatic nitrogens is 1. The number of nitriles is 1. The van der Waals surface area contributed by atoms with Crippen molar-refractivity contribution < 1.29 is 8.42 Å². The van der Waals surface area contributed by atoms with E-state index in [0.29, 0.717) is 0 Å². The molecule has 2 rings (SSSR count). The fourth-order valence-corrected chi connectivity index (χ4v) is 2.86. The summed E-state index contributed by atoms with van der Waals surface area (Å²) in [4.78, 5) is 3.57. The maximum absolute atomic E-state index is 12.2. The molecule has 0 amide bonds. The number of hydrogen-bond acceptors (Lipinski definition) is 5. The number of nitrogens with one attached hydrogen (secondary N) is 1. The van der Waals surface area contributed by atoms with E-state index in [9.17, 15) is 8.42 Å². The number of nitrogens with two attached hydrogens (primary N) is 1. The molecule has 6 nitrogen and oxygen atoms in total. The van der Waals surface area contributed by atoms with Gasteiger partial charge in [0.15, 0.2) is 0 Å². The highest BCUT2D eigenvalue weighted by molar-refractivity contribution is 7.92. The van der Waals surface area contributed by atoms with Gasteiger partial charge in [0.25, 0.3) is 10.0 Å². The van der Waals surface area contributed by atoms with Gasteiger partial charge in [-0.1, -0.05) is 11.6 Å². The maximum Gasteiger partial charge on any atom is 0.265 e. The average molecular weight is 309 g/mol. The van der Waals surface area contributed by atoms with Crippen molar-refractivity contribution in [1.82, 2.24) is 4.98 Å². The molecule has 1 aromatic heterocycles. The van der Waals surface area contributed by atoms with Crippen LogP contribution in [0.1, 0.15) is 5.56 Å². The van der Waals surface area contributed by atoms with E-state index in [1.54, 1.807) is 0 Å². The van der Waals surface area contributed by atoms with Crippen molar-refractivity contribution in [1.29, 1.82) is 5.26 Å². The zero-order valence-corrected chi connectivity index (χ0v) is 11.6. The third-order valence-electron chi connectivity index (χ3n) is 2.45. The highest BCUT2D eigenvalue weighted by Gasteiger charge is 2.19. The molecule has 1 aromatic carbocycles. The number of sulfonamides is 1. The maximum atomic E-state index is 12.2. The molecule has 0 aliphatic carbocycles. The molecule has 3 N–H and O–H groups in total. The van der Waals surface area contributed by atoms with Crippen molar-refractivity contribution in [2.75, 3.05) is 10.5 Å². The predicted molar refractivity (Wildman–Crippen MR) is 75.6 cm³/mol. The van der Waals surface area contributed by atoms with Crippen LogP contribution in [0, 0.1) is 11.3 Å². The van der Waals surface area contributed by atoms with Crippen LogP contribution in [-0.4, -0.2) is 13.4 Å². The molecule has 1 heterocycles. The second-order valence-corrected chi connectivity index (χ2v) is 5.88. The lowest BCUT2D eigenvalue weighted by Gasteiger charge is -2.11. The van der Waals surface area contributed by atoms with Gasteiger partial charge < -0.3 is 5.73 Å². The average Bonchev–Trinajstić information content (AvgIpc) is 2.41. The molecule has 0 radical (unpaired) electrons. The molecular formula is C12H9ClN4O2S. The van der Waals surface area contributed by atoms with E-state index < -0.39 is 10.0 Å². The Labute approximate surface area is 120 Å². The minimum atomic E-state index is -3.92. The number of anilines is 2. The first kappa shape index (κ1) is 14.1. The first-order chi connectivity index (χ1) is 9.44. The van der Waals surface area contributed by atoms with E-state index in [1.165, 1.54) is 30.5 Å². The Bertz CT molecular complexity index is 799. The molecule has 20 heavy (non-hydrogen) atoms. The van der Waals surface area contributed by atoms with E-state index >= 15 is 0 Å². The number of benzene rings is 1. The number of nitrogens with zero attached hydrogens (tertiary/aromatic N) is 2. The molecule has 0 atom stereocenters. The summed E-state index contributed by atoms with van der Waals surface area (Å²) in [6, 6.07) is 7.54. The Morgan fingerprint density at radius 3 is 2.75 bits per heavy atom. The molecule has 0 fully saturated rings. The molecule has 0 aliphatic rings. The molecule has 0 spiro atoms. The van der Waals surface area contributed by atoms with Crippen LogP contribution >= 0.6 is 11.6 Å². The SMILES string of the molecule is N#Cc1ccc(Cl)c(NS(=O)(=O)c2cnccc2N)c1. The van der Waals surface area contributed by atoms with E-state index in [2.05, 4.69) is 9.71 Å². The lowest BCUT2D eigenvalue weighted by Crippen LogP contribution is -2.15. The summed E-state index contributed by atoms with van der Waals surface area (Å²) in [6.07, 6.45) is 2.53. The van der Waals surface area contributed by atoms with E-state index in [4.69, 9.17) is 22.6 Å². The highest BCUT2D eigenvalue weighted by atomic mass is 35.5. The minimum absolute atomic E-state index is 0.0695. The van der Waals surface area contributed by atoms with E-state index in [0.717, 1.165) is 6.20 Å². The van der Waals surface area contributed by atoms with Crippen molar-refractivity contribution in [2.24, 2.45) is 0 Å². The van der Waals surface area contributed by atoms with Gasteiger partial charge in [-0.2, -0.15) is 5.26 Å². The van der Waals surface area contributed by atoms with Crippen LogP contribution in [0.15, 0.2) is 41.6 Å². The molecule has 0 unspecified atom stereocenters. The molecule has 102 valence electrons. The summed E-state index contributed by atoms with van der Waals surface area (Å²) in [7, 11) is -3.92. The molecule has 8 heteroatoms. The molecule has 0 aliphatic heterocycles. The molecule has 0 saturated carbocycles. The van der Waals surface area contributed by atoms with Gasteiger partial charge in [-0.25, -0.2) is 8.42 Å². The Morgan fingerprint density at radius 2 is 2.10 bits per heavy atom. The van der Waals surface area contributed by atoms with Gasteiger partial charge in [0, 0.05) is 12.4 Å². The summed E-state index contributed by atoms with van der Waals surface area (Å²) in [5.41, 5.74) is 6.07. The van der Waals surface area contributed by atoms with Crippen molar-refractivity contribution in [3.05, 3.63) is 47.2 Å². The van der Waals surface area contributed by atoms with Crippen LogP contribution in [0.2, 0.25) is 5.02 Å². The number of rotatable bonds is 3. The predicted octanol–water partition coefficient (Wildman–Crippen LogP) is 1.99. The van der Waals surface area contributed by atoms with Crippen LogP contribution in [0.25, 0.3) is 0 Å². The van der Waals surface area contributed by atoms with Crippen LogP contribution < -0.4 is 10.5 Å².